The van der Waals surface area contributed by atoms with E-state index in [9.17, 15) is 4.79 Å². The molecule has 2 nitrogen and oxygen atoms in total. The summed E-state index contributed by atoms with van der Waals surface area (Å²) in [7, 11) is 0. The topological polar surface area (TPSA) is 29.1 Å². The molecule has 0 heterocycles. The van der Waals surface area contributed by atoms with Gasteiger partial charge in [0.25, 0.3) is 0 Å². The smallest absolute Gasteiger partial charge is 0.216 e. The van der Waals surface area contributed by atoms with Crippen LogP contribution < -0.4 is 5.32 Å². The van der Waals surface area contributed by atoms with Crippen LogP contribution in [0.1, 0.15) is 11.0 Å². The quantitative estimate of drug-likeness (QED) is 0.423. The molecule has 0 aliphatic heterocycles. The maximum Gasteiger partial charge on any atom is 0.216 e. The third-order valence-corrected chi connectivity index (χ3v) is 0.176. The lowest BCUT2D eigenvalue weighted by atomic mass is 10.7. The van der Waals surface area contributed by atoms with Gasteiger partial charge in [0.2, 0.25) is 5.91 Å². The Hall–Kier alpha value is -0.530. The summed E-state index contributed by atoms with van der Waals surface area (Å²) in [4.78, 5) is 9.99. The minimum atomic E-state index is -2.33. The number of nitrogens with one attached hydrogen (secondary N) is 1. The molecule has 0 saturated heterocycles. The molecule has 0 atom stereocenters. The lowest BCUT2D eigenvalue weighted by molar-refractivity contribution is -0.118. The number of hydrogen-bond donors (Lipinski definition) is 1. The van der Waals surface area contributed by atoms with Crippen molar-refractivity contribution in [2.75, 3.05) is 6.98 Å². The monoisotopic (exact) mass is 76.1 g/mol. The Balaban J connectivity index is 3.55. The first kappa shape index (κ1) is 1.29. The SMILES string of the molecule is [2H]C([2H])([2H])NC(C)=O. The molecule has 2 heteroatoms. The van der Waals surface area contributed by atoms with Crippen molar-refractivity contribution in [3.05, 3.63) is 0 Å². The zero-order valence-electron chi connectivity index (χ0n) is 5.91. The van der Waals surface area contributed by atoms with Gasteiger partial charge in [0, 0.05) is 18.0 Å². The van der Waals surface area contributed by atoms with E-state index in [2.05, 4.69) is 0 Å². The normalized spacial score (nSPS) is 18.2. The van der Waals surface area contributed by atoms with Crippen LogP contribution >= 0.6 is 0 Å². The van der Waals surface area contributed by atoms with Crippen molar-refractivity contribution < 1.29 is 8.91 Å². The third kappa shape index (κ3) is 3.47. The number of hydrogen-bond acceptors (Lipinski definition) is 1. The summed E-state index contributed by atoms with van der Waals surface area (Å²) in [6.45, 7) is -1.17. The molecule has 0 aliphatic rings. The summed E-state index contributed by atoms with van der Waals surface area (Å²) in [5, 5.41) is 1.74. The number of carbonyl (C=O) groups excluding carboxylic acids is 1. The van der Waals surface area contributed by atoms with Crippen molar-refractivity contribution in [2.45, 2.75) is 6.92 Å². The van der Waals surface area contributed by atoms with E-state index >= 15 is 0 Å². The first-order valence-corrected chi connectivity index (χ1v) is 1.20. The highest BCUT2D eigenvalue weighted by atomic mass is 16.1. The first-order chi connectivity index (χ1) is 3.42. The van der Waals surface area contributed by atoms with E-state index in [1.54, 1.807) is 5.32 Å². The van der Waals surface area contributed by atoms with Crippen LogP contribution in [-0.4, -0.2) is 12.9 Å². The standard InChI is InChI=1S/C3H7NO/c1-3(5)4-2/h1-2H3,(H,4,5)/i2D3. The predicted molar refractivity (Wildman–Crippen MR) is 19.7 cm³/mol. The number of carbonyl (C=O) groups is 1. The molecule has 1 N–H and O–H groups in total. The fraction of sp³-hybridized carbons (Fsp3) is 0.667. The third-order valence-electron chi connectivity index (χ3n) is 0.176. The van der Waals surface area contributed by atoms with Crippen LogP contribution in [0.2, 0.25) is 0 Å². The van der Waals surface area contributed by atoms with Gasteiger partial charge in [-0.05, 0) is 0 Å². The van der Waals surface area contributed by atoms with Gasteiger partial charge in [0.1, 0.15) is 0 Å². The Labute approximate surface area is 35.4 Å². The first-order valence-electron chi connectivity index (χ1n) is 2.70. The van der Waals surface area contributed by atoms with Crippen LogP contribution in [0.3, 0.4) is 0 Å². The Bertz CT molecular complexity index is 97.2. The molecule has 0 aromatic carbocycles. The summed E-state index contributed by atoms with van der Waals surface area (Å²) in [5.41, 5.74) is 0. The summed E-state index contributed by atoms with van der Waals surface area (Å²) in [6, 6.07) is 0. The lowest BCUT2D eigenvalue weighted by Gasteiger charge is -1.80. The molecule has 0 bridgehead atoms. The second kappa shape index (κ2) is 1.76. The van der Waals surface area contributed by atoms with E-state index in [0.29, 0.717) is 0 Å². The predicted octanol–water partition coefficient (Wildman–Crippen LogP) is -0.248. The van der Waals surface area contributed by atoms with Crippen LogP contribution in [0.4, 0.5) is 0 Å². The van der Waals surface area contributed by atoms with Gasteiger partial charge in [-0.25, -0.2) is 0 Å². The van der Waals surface area contributed by atoms with Crippen LogP contribution in [-0.2, 0) is 4.79 Å². The molecule has 0 spiro atoms. The van der Waals surface area contributed by atoms with E-state index < -0.39 is 12.9 Å². The zero-order valence-corrected chi connectivity index (χ0v) is 2.91. The molecule has 0 radical (unpaired) electrons. The lowest BCUT2D eigenvalue weighted by Crippen LogP contribution is -2.11. The Morgan fingerprint density at radius 1 is 2.20 bits per heavy atom. The Kier molecular flexibility index (Phi) is 0.452. The van der Waals surface area contributed by atoms with E-state index in [0.717, 1.165) is 6.92 Å². The van der Waals surface area contributed by atoms with Gasteiger partial charge < -0.3 is 5.32 Å². The van der Waals surface area contributed by atoms with Gasteiger partial charge in [0.05, 0.1) is 0 Å². The highest BCUT2D eigenvalue weighted by Gasteiger charge is 1.72. The molecular formula is C3H7NO. The van der Waals surface area contributed by atoms with Crippen LogP contribution in [0.5, 0.6) is 0 Å². The fourth-order valence-corrected chi connectivity index (χ4v) is 0. The van der Waals surface area contributed by atoms with Gasteiger partial charge in [-0.2, -0.15) is 0 Å². The molecule has 0 aliphatic carbocycles. The summed E-state index contributed by atoms with van der Waals surface area (Å²) in [6.07, 6.45) is 0. The van der Waals surface area contributed by atoms with Crippen molar-refractivity contribution in [1.29, 1.82) is 0 Å². The Morgan fingerprint density at radius 3 is 2.80 bits per heavy atom. The summed E-state index contributed by atoms with van der Waals surface area (Å²) >= 11 is 0. The molecule has 30 valence electrons. The molecule has 0 aromatic rings. The maximum atomic E-state index is 9.99. The Morgan fingerprint density at radius 2 is 2.80 bits per heavy atom. The average Bonchev–Trinajstić information content (AvgIpc) is 1.21. The maximum absolute atomic E-state index is 9.99. The molecular weight excluding hydrogens is 66.0 g/mol. The molecule has 0 saturated carbocycles. The number of amides is 1. The molecule has 0 fully saturated rings. The average molecular weight is 76.1 g/mol. The molecule has 0 rings (SSSR count). The van der Waals surface area contributed by atoms with E-state index in [4.69, 9.17) is 4.11 Å². The van der Waals surface area contributed by atoms with Gasteiger partial charge in [0.15, 0.2) is 0 Å². The zero-order chi connectivity index (χ0) is 6.78. The van der Waals surface area contributed by atoms with E-state index in [1.807, 2.05) is 0 Å². The largest absolute Gasteiger partial charge is 0.359 e. The highest BCUT2D eigenvalue weighted by Crippen LogP contribution is 1.45. The summed E-state index contributed by atoms with van der Waals surface area (Å²) in [5.74, 6) is -0.537. The minimum Gasteiger partial charge on any atom is -0.359 e. The highest BCUT2D eigenvalue weighted by molar-refractivity contribution is 5.72. The second-order valence-electron chi connectivity index (χ2n) is 0.681. The van der Waals surface area contributed by atoms with Crippen molar-refractivity contribution in [3.8, 4) is 0 Å². The molecule has 0 unspecified atom stereocenters. The fourth-order valence-electron chi connectivity index (χ4n) is 0. The van der Waals surface area contributed by atoms with Crippen molar-refractivity contribution >= 4 is 5.91 Å². The van der Waals surface area contributed by atoms with Gasteiger partial charge in [-0.1, -0.05) is 0 Å². The second-order valence-corrected chi connectivity index (χ2v) is 0.681. The summed E-state index contributed by atoms with van der Waals surface area (Å²) < 4.78 is 19.4. The van der Waals surface area contributed by atoms with Gasteiger partial charge >= 0.3 is 0 Å². The van der Waals surface area contributed by atoms with Gasteiger partial charge in [-0.15, -0.1) is 0 Å². The molecule has 5 heavy (non-hydrogen) atoms. The number of rotatable bonds is 0. The van der Waals surface area contributed by atoms with Crippen LogP contribution in [0.15, 0.2) is 0 Å². The van der Waals surface area contributed by atoms with Gasteiger partial charge in [-0.3, -0.25) is 4.79 Å². The molecule has 1 amide bonds. The van der Waals surface area contributed by atoms with E-state index in [-0.39, 0.29) is 0 Å². The molecule has 0 aromatic heterocycles. The van der Waals surface area contributed by atoms with Crippen LogP contribution in [0, 0.1) is 0 Å². The van der Waals surface area contributed by atoms with Crippen molar-refractivity contribution in [1.82, 2.24) is 5.32 Å². The van der Waals surface area contributed by atoms with E-state index in [1.165, 1.54) is 0 Å². The van der Waals surface area contributed by atoms with Crippen molar-refractivity contribution in [2.24, 2.45) is 0 Å². The van der Waals surface area contributed by atoms with Crippen LogP contribution in [0.25, 0.3) is 0 Å². The van der Waals surface area contributed by atoms with Crippen molar-refractivity contribution in [3.63, 3.8) is 0 Å². The minimum absolute atomic E-state index is 0.537.